The predicted molar refractivity (Wildman–Crippen MR) is 128 cm³/mol. The molecule has 0 spiro atoms. The minimum atomic E-state index is -0.196. The third-order valence-electron chi connectivity index (χ3n) is 7.99. The van der Waals surface area contributed by atoms with Gasteiger partial charge in [0.2, 0.25) is 5.91 Å². The quantitative estimate of drug-likeness (QED) is 0.579. The van der Waals surface area contributed by atoms with Crippen molar-refractivity contribution in [1.29, 1.82) is 0 Å². The Hall–Kier alpha value is -1.92. The van der Waals surface area contributed by atoms with E-state index in [-0.39, 0.29) is 47.6 Å². The first-order valence-electron chi connectivity index (χ1n) is 12.4. The van der Waals surface area contributed by atoms with Gasteiger partial charge < -0.3 is 20.5 Å². The largest absolute Gasteiger partial charge is 0.489 e. The maximum absolute atomic E-state index is 13.2. The van der Waals surface area contributed by atoms with Crippen LogP contribution in [0.15, 0.2) is 36.2 Å². The van der Waals surface area contributed by atoms with E-state index in [9.17, 15) is 9.18 Å². The molecular weight excluding hydrogens is 419 g/mol. The highest BCUT2D eigenvalue weighted by Crippen LogP contribution is 2.58. The molecule has 0 aliphatic heterocycles. The van der Waals surface area contributed by atoms with E-state index < -0.39 is 0 Å². The standard InChI is InChI=1S/C27H39FN2O3/c1-25(2,3)33-23-14-21(15-23)30-24(31)27-11-8-26(9-12-27,10-13-27)20-4-6-22(7-5-20)32-18-19(16-28)17-29/h4-7,16,21,23H,8-15,17-18,29H2,1-3H3,(H,30,31)/b19-16+. The summed E-state index contributed by atoms with van der Waals surface area (Å²) in [5.74, 6) is 0.980. The molecule has 0 unspecified atom stereocenters. The number of hydrogen-bond donors (Lipinski definition) is 2. The molecule has 1 amide bonds. The van der Waals surface area contributed by atoms with Gasteiger partial charge in [0.05, 0.1) is 18.0 Å². The van der Waals surface area contributed by atoms with Gasteiger partial charge in [-0.15, -0.1) is 0 Å². The summed E-state index contributed by atoms with van der Waals surface area (Å²) >= 11 is 0. The molecule has 0 aromatic heterocycles. The summed E-state index contributed by atoms with van der Waals surface area (Å²) in [6.45, 7) is 6.56. The number of hydrogen-bond acceptors (Lipinski definition) is 4. The lowest BCUT2D eigenvalue weighted by molar-refractivity contribution is -0.143. The highest BCUT2D eigenvalue weighted by Gasteiger charge is 2.53. The Labute approximate surface area is 197 Å². The summed E-state index contributed by atoms with van der Waals surface area (Å²) in [6.07, 6.45) is 8.61. The molecule has 4 saturated carbocycles. The monoisotopic (exact) mass is 458 g/mol. The smallest absolute Gasteiger partial charge is 0.226 e. The molecule has 0 atom stereocenters. The van der Waals surface area contributed by atoms with E-state index in [1.54, 1.807) is 0 Å². The number of carbonyl (C=O) groups excluding carboxylic acids is 1. The van der Waals surface area contributed by atoms with Gasteiger partial charge in [0, 0.05) is 23.6 Å². The van der Waals surface area contributed by atoms with Crippen LogP contribution >= 0.6 is 0 Å². The Kier molecular flexibility index (Phi) is 6.88. The van der Waals surface area contributed by atoms with Crippen molar-refractivity contribution in [3.8, 4) is 5.75 Å². The normalized spacial score (nSPS) is 31.7. The van der Waals surface area contributed by atoms with Crippen LogP contribution in [-0.2, 0) is 14.9 Å². The average Bonchev–Trinajstić information content (AvgIpc) is 2.79. The zero-order valence-corrected chi connectivity index (χ0v) is 20.3. The van der Waals surface area contributed by atoms with E-state index in [0.29, 0.717) is 11.9 Å². The number of nitrogens with two attached hydrogens (primary N) is 1. The molecule has 5 nitrogen and oxygen atoms in total. The van der Waals surface area contributed by atoms with Gasteiger partial charge in [0.25, 0.3) is 0 Å². The maximum atomic E-state index is 13.2. The molecule has 1 aromatic carbocycles. The molecule has 6 heteroatoms. The summed E-state index contributed by atoms with van der Waals surface area (Å²) < 4.78 is 24.3. The SMILES string of the molecule is CC(C)(C)OC1CC(NC(=O)C23CCC(c4ccc(OC/C(=C/F)CN)cc4)(CC2)CC3)C1. The minimum Gasteiger partial charge on any atom is -0.489 e. The first-order valence-corrected chi connectivity index (χ1v) is 12.4. The van der Waals surface area contributed by atoms with Crippen molar-refractivity contribution in [3.63, 3.8) is 0 Å². The zero-order chi connectivity index (χ0) is 23.7. The van der Waals surface area contributed by atoms with Gasteiger partial charge in [-0.1, -0.05) is 12.1 Å². The predicted octanol–water partition coefficient (Wildman–Crippen LogP) is 4.93. The summed E-state index contributed by atoms with van der Waals surface area (Å²) in [7, 11) is 0. The van der Waals surface area contributed by atoms with Crippen molar-refractivity contribution in [2.45, 2.75) is 95.3 Å². The zero-order valence-electron chi connectivity index (χ0n) is 20.3. The molecule has 3 N–H and O–H groups in total. The Bertz CT molecular complexity index is 844. The third kappa shape index (κ3) is 5.27. The molecule has 33 heavy (non-hydrogen) atoms. The summed E-state index contributed by atoms with van der Waals surface area (Å²) in [5.41, 5.74) is 7.08. The van der Waals surface area contributed by atoms with Gasteiger partial charge in [-0.05, 0) is 95.2 Å². The number of ether oxygens (including phenoxy) is 2. The molecule has 4 fully saturated rings. The lowest BCUT2D eigenvalue weighted by Crippen LogP contribution is -2.56. The van der Waals surface area contributed by atoms with Crippen molar-refractivity contribution >= 4 is 5.91 Å². The van der Waals surface area contributed by atoms with Crippen molar-refractivity contribution in [3.05, 3.63) is 41.7 Å². The molecular formula is C27H39FN2O3. The van der Waals surface area contributed by atoms with Gasteiger partial charge in [-0.2, -0.15) is 0 Å². The Morgan fingerprint density at radius 2 is 1.73 bits per heavy atom. The number of rotatable bonds is 8. The van der Waals surface area contributed by atoms with Crippen molar-refractivity contribution in [2.75, 3.05) is 13.2 Å². The number of carbonyl (C=O) groups is 1. The lowest BCUT2D eigenvalue weighted by atomic mass is 9.51. The molecule has 4 aliphatic carbocycles. The van der Waals surface area contributed by atoms with E-state index >= 15 is 0 Å². The van der Waals surface area contributed by atoms with Crippen LogP contribution in [0.4, 0.5) is 4.39 Å². The average molecular weight is 459 g/mol. The molecule has 2 bridgehead atoms. The van der Waals surface area contributed by atoms with Gasteiger partial charge >= 0.3 is 0 Å². The highest BCUT2D eigenvalue weighted by atomic mass is 19.1. The molecule has 0 radical (unpaired) electrons. The van der Waals surface area contributed by atoms with Crippen LogP contribution in [0, 0.1) is 5.41 Å². The fourth-order valence-corrected chi connectivity index (χ4v) is 5.79. The Morgan fingerprint density at radius 3 is 2.24 bits per heavy atom. The van der Waals surface area contributed by atoms with Crippen molar-refractivity contribution in [1.82, 2.24) is 5.32 Å². The fourth-order valence-electron chi connectivity index (χ4n) is 5.79. The third-order valence-corrected chi connectivity index (χ3v) is 7.99. The number of nitrogens with one attached hydrogen (secondary N) is 1. The first-order chi connectivity index (χ1) is 15.7. The van der Waals surface area contributed by atoms with Crippen LogP contribution in [-0.4, -0.2) is 36.8 Å². The first kappa shape index (κ1) is 24.2. The van der Waals surface area contributed by atoms with E-state index in [4.69, 9.17) is 15.2 Å². The van der Waals surface area contributed by atoms with Crippen LogP contribution in [0.3, 0.4) is 0 Å². The van der Waals surface area contributed by atoms with Gasteiger partial charge in [-0.3, -0.25) is 4.79 Å². The maximum Gasteiger partial charge on any atom is 0.226 e. The van der Waals surface area contributed by atoms with Crippen LogP contribution in [0.1, 0.15) is 77.7 Å². The number of benzene rings is 1. The van der Waals surface area contributed by atoms with Crippen LogP contribution in [0.2, 0.25) is 0 Å². The fraction of sp³-hybridized carbons (Fsp3) is 0.667. The summed E-state index contributed by atoms with van der Waals surface area (Å²) in [4.78, 5) is 13.2. The summed E-state index contributed by atoms with van der Waals surface area (Å²) in [6, 6.07) is 8.46. The molecule has 0 heterocycles. The Balaban J connectivity index is 1.29. The van der Waals surface area contributed by atoms with Crippen molar-refractivity contribution < 1.29 is 18.7 Å². The molecule has 1 aromatic rings. The van der Waals surface area contributed by atoms with E-state index in [1.165, 1.54) is 5.56 Å². The van der Waals surface area contributed by atoms with E-state index in [1.807, 2.05) is 12.1 Å². The van der Waals surface area contributed by atoms with Gasteiger partial charge in [0.15, 0.2) is 0 Å². The highest BCUT2D eigenvalue weighted by molar-refractivity contribution is 5.83. The Morgan fingerprint density at radius 1 is 1.12 bits per heavy atom. The summed E-state index contributed by atoms with van der Waals surface area (Å²) in [5, 5.41) is 3.34. The molecule has 0 saturated heterocycles. The second kappa shape index (κ2) is 9.38. The van der Waals surface area contributed by atoms with Gasteiger partial charge in [0.1, 0.15) is 12.4 Å². The van der Waals surface area contributed by atoms with Gasteiger partial charge in [-0.25, -0.2) is 4.39 Å². The van der Waals surface area contributed by atoms with Crippen LogP contribution < -0.4 is 15.8 Å². The van der Waals surface area contributed by atoms with Crippen LogP contribution in [0.5, 0.6) is 5.75 Å². The van der Waals surface area contributed by atoms with Crippen molar-refractivity contribution in [2.24, 2.45) is 11.1 Å². The molecule has 182 valence electrons. The molecule has 4 aliphatic rings. The second-order valence-corrected chi connectivity index (χ2v) is 11.3. The lowest BCUT2D eigenvalue weighted by Gasteiger charge is -2.53. The second-order valence-electron chi connectivity index (χ2n) is 11.3. The van der Waals surface area contributed by atoms with E-state index in [0.717, 1.165) is 57.1 Å². The number of amides is 1. The number of halogens is 1. The van der Waals surface area contributed by atoms with Crippen LogP contribution in [0.25, 0.3) is 0 Å². The number of fused-ring (bicyclic) bond motifs is 3. The van der Waals surface area contributed by atoms with E-state index in [2.05, 4.69) is 38.2 Å². The molecule has 5 rings (SSSR count). The minimum absolute atomic E-state index is 0.127. The topological polar surface area (TPSA) is 73.6 Å².